The monoisotopic (exact) mass is 212 g/mol. The first-order valence-electron chi connectivity index (χ1n) is 4.83. The summed E-state index contributed by atoms with van der Waals surface area (Å²) in [4.78, 5) is 7.75. The second-order valence-corrected chi connectivity index (χ2v) is 3.38. The van der Waals surface area contributed by atoms with Crippen LogP contribution in [0.1, 0.15) is 6.42 Å². The number of methoxy groups -OCH3 is 1. The van der Waals surface area contributed by atoms with E-state index in [0.29, 0.717) is 12.0 Å². The van der Waals surface area contributed by atoms with Gasteiger partial charge in [0.1, 0.15) is 0 Å². The zero-order valence-corrected chi connectivity index (χ0v) is 8.46. The first-order chi connectivity index (χ1) is 7.29. The molecule has 82 valence electrons. The molecule has 1 aromatic rings. The Morgan fingerprint density at radius 3 is 3.20 bits per heavy atom. The number of rotatable bonds is 3. The molecule has 15 heavy (non-hydrogen) atoms. The lowest BCUT2D eigenvalue weighted by Crippen LogP contribution is -2.23. The van der Waals surface area contributed by atoms with Gasteiger partial charge in [-0.05, 0) is 13.0 Å². The van der Waals surface area contributed by atoms with Crippen LogP contribution in [0, 0.1) is 5.82 Å². The molecule has 0 spiro atoms. The summed E-state index contributed by atoms with van der Waals surface area (Å²) in [7, 11) is 1.38. The molecule has 1 atom stereocenters. The fraction of sp³-hybridized carbons (Fsp3) is 0.556. The van der Waals surface area contributed by atoms with Crippen LogP contribution in [0.5, 0.6) is 5.88 Å². The Bertz CT molecular complexity index is 341. The lowest BCUT2D eigenvalue weighted by Gasteiger charge is -2.11. The number of hydrogen-bond acceptors (Lipinski definition) is 5. The number of nitrogens with zero attached hydrogens (tertiary/aromatic N) is 2. The van der Waals surface area contributed by atoms with Crippen molar-refractivity contribution < 1.29 is 9.13 Å². The maximum Gasteiger partial charge on any atom is 0.255 e. The van der Waals surface area contributed by atoms with Crippen LogP contribution in [-0.4, -0.2) is 36.2 Å². The van der Waals surface area contributed by atoms with Gasteiger partial charge in [-0.3, -0.25) is 0 Å². The van der Waals surface area contributed by atoms with Gasteiger partial charge in [-0.2, -0.15) is 9.37 Å². The van der Waals surface area contributed by atoms with Gasteiger partial charge in [0.05, 0.1) is 13.3 Å². The van der Waals surface area contributed by atoms with E-state index in [1.54, 1.807) is 0 Å². The van der Waals surface area contributed by atoms with Crippen molar-refractivity contribution in [2.24, 2.45) is 0 Å². The van der Waals surface area contributed by atoms with Crippen LogP contribution in [0.15, 0.2) is 6.20 Å². The zero-order chi connectivity index (χ0) is 10.7. The molecule has 1 aliphatic heterocycles. The standard InChI is InChI=1S/C9H13FN4O/c1-15-8-7(10)5-12-9(14-8)13-6-2-3-11-4-6/h5-6,11H,2-4H2,1H3,(H,12,13,14)/t6-/m1/s1. The van der Waals surface area contributed by atoms with Crippen LogP contribution in [0.3, 0.4) is 0 Å². The SMILES string of the molecule is COc1nc(N[C@@H]2CCNC2)ncc1F. The van der Waals surface area contributed by atoms with Crippen LogP contribution in [0.4, 0.5) is 10.3 Å². The Hall–Kier alpha value is -1.43. The molecule has 0 saturated carbocycles. The Balaban J connectivity index is 2.07. The fourth-order valence-corrected chi connectivity index (χ4v) is 1.52. The number of anilines is 1. The molecule has 2 heterocycles. The van der Waals surface area contributed by atoms with Crippen molar-refractivity contribution in [3.05, 3.63) is 12.0 Å². The van der Waals surface area contributed by atoms with Crippen molar-refractivity contribution in [1.29, 1.82) is 0 Å². The van der Waals surface area contributed by atoms with Crippen molar-refractivity contribution in [3.63, 3.8) is 0 Å². The highest BCUT2D eigenvalue weighted by atomic mass is 19.1. The number of hydrogen-bond donors (Lipinski definition) is 2. The van der Waals surface area contributed by atoms with Gasteiger partial charge >= 0.3 is 0 Å². The molecular weight excluding hydrogens is 199 g/mol. The van der Waals surface area contributed by atoms with E-state index in [9.17, 15) is 4.39 Å². The molecule has 0 unspecified atom stereocenters. The summed E-state index contributed by atoms with van der Waals surface area (Å²) in [6, 6.07) is 0.306. The number of aromatic nitrogens is 2. The van der Waals surface area contributed by atoms with Crippen LogP contribution in [0.2, 0.25) is 0 Å². The summed E-state index contributed by atoms with van der Waals surface area (Å²) < 4.78 is 17.8. The maximum atomic E-state index is 13.0. The van der Waals surface area contributed by atoms with E-state index in [0.717, 1.165) is 25.7 Å². The van der Waals surface area contributed by atoms with Crippen molar-refractivity contribution in [3.8, 4) is 5.88 Å². The van der Waals surface area contributed by atoms with Crippen molar-refractivity contribution in [2.45, 2.75) is 12.5 Å². The lowest BCUT2D eigenvalue weighted by atomic mass is 10.3. The molecule has 0 radical (unpaired) electrons. The predicted octanol–water partition coefficient (Wildman–Crippen LogP) is 0.398. The average Bonchev–Trinajstić information content (AvgIpc) is 2.73. The second kappa shape index (κ2) is 4.39. The van der Waals surface area contributed by atoms with Crippen LogP contribution in [0.25, 0.3) is 0 Å². The van der Waals surface area contributed by atoms with Crippen LogP contribution in [-0.2, 0) is 0 Å². The number of nitrogens with one attached hydrogen (secondary N) is 2. The minimum Gasteiger partial charge on any atom is -0.479 e. The van der Waals surface area contributed by atoms with Crippen LogP contribution < -0.4 is 15.4 Å². The largest absolute Gasteiger partial charge is 0.479 e. The third kappa shape index (κ3) is 2.33. The van der Waals surface area contributed by atoms with Gasteiger partial charge in [0, 0.05) is 12.6 Å². The van der Waals surface area contributed by atoms with Gasteiger partial charge < -0.3 is 15.4 Å². The fourth-order valence-electron chi connectivity index (χ4n) is 1.52. The average molecular weight is 212 g/mol. The molecule has 2 rings (SSSR count). The molecule has 0 aliphatic carbocycles. The quantitative estimate of drug-likeness (QED) is 0.759. The van der Waals surface area contributed by atoms with E-state index >= 15 is 0 Å². The molecule has 2 N–H and O–H groups in total. The molecule has 0 amide bonds. The minimum atomic E-state index is -0.549. The predicted molar refractivity (Wildman–Crippen MR) is 53.4 cm³/mol. The van der Waals surface area contributed by atoms with Crippen molar-refractivity contribution >= 4 is 5.95 Å². The topological polar surface area (TPSA) is 59.1 Å². The summed E-state index contributed by atoms with van der Waals surface area (Å²) in [5.41, 5.74) is 0. The first kappa shape index (κ1) is 10.1. The lowest BCUT2D eigenvalue weighted by molar-refractivity contribution is 0.367. The molecule has 5 nitrogen and oxygen atoms in total. The van der Waals surface area contributed by atoms with E-state index in [1.165, 1.54) is 7.11 Å². The van der Waals surface area contributed by atoms with E-state index in [-0.39, 0.29) is 5.88 Å². The van der Waals surface area contributed by atoms with Gasteiger partial charge in [0.25, 0.3) is 5.88 Å². The van der Waals surface area contributed by atoms with Gasteiger partial charge in [-0.15, -0.1) is 0 Å². The van der Waals surface area contributed by atoms with Gasteiger partial charge in [-0.25, -0.2) is 4.98 Å². The Morgan fingerprint density at radius 2 is 2.53 bits per heavy atom. The summed E-state index contributed by atoms with van der Waals surface area (Å²) in [6.45, 7) is 1.86. The molecule has 0 aromatic carbocycles. The highest BCUT2D eigenvalue weighted by Crippen LogP contribution is 2.14. The van der Waals surface area contributed by atoms with Crippen LogP contribution >= 0.6 is 0 Å². The summed E-state index contributed by atoms with van der Waals surface area (Å²) >= 11 is 0. The molecule has 0 bridgehead atoms. The highest BCUT2D eigenvalue weighted by Gasteiger charge is 2.16. The van der Waals surface area contributed by atoms with E-state index < -0.39 is 5.82 Å². The third-order valence-electron chi connectivity index (χ3n) is 2.30. The van der Waals surface area contributed by atoms with E-state index in [4.69, 9.17) is 4.74 Å². The van der Waals surface area contributed by atoms with Crippen molar-refractivity contribution in [1.82, 2.24) is 15.3 Å². The molecule has 1 aliphatic rings. The Kier molecular flexibility index (Phi) is 2.96. The van der Waals surface area contributed by atoms with Gasteiger partial charge in [0.15, 0.2) is 0 Å². The normalized spacial score (nSPS) is 20.3. The highest BCUT2D eigenvalue weighted by molar-refractivity contribution is 5.30. The van der Waals surface area contributed by atoms with E-state index in [1.807, 2.05) is 0 Å². The summed E-state index contributed by atoms with van der Waals surface area (Å²) in [6.07, 6.45) is 2.12. The zero-order valence-electron chi connectivity index (χ0n) is 8.46. The maximum absolute atomic E-state index is 13.0. The number of ether oxygens (including phenoxy) is 1. The second-order valence-electron chi connectivity index (χ2n) is 3.38. The molecule has 1 aromatic heterocycles. The molecule has 1 fully saturated rings. The van der Waals surface area contributed by atoms with Gasteiger partial charge in [0.2, 0.25) is 11.8 Å². The van der Waals surface area contributed by atoms with Crippen molar-refractivity contribution in [2.75, 3.05) is 25.5 Å². The molecule has 1 saturated heterocycles. The smallest absolute Gasteiger partial charge is 0.255 e. The third-order valence-corrected chi connectivity index (χ3v) is 2.30. The minimum absolute atomic E-state index is 0.0292. The molecular formula is C9H13FN4O. The summed E-state index contributed by atoms with van der Waals surface area (Å²) in [5, 5.41) is 6.32. The van der Waals surface area contributed by atoms with Gasteiger partial charge in [-0.1, -0.05) is 0 Å². The molecule has 6 heteroatoms. The Labute approximate surface area is 87.1 Å². The van der Waals surface area contributed by atoms with E-state index in [2.05, 4.69) is 20.6 Å². The number of halogens is 1. The Morgan fingerprint density at radius 1 is 1.67 bits per heavy atom. The first-order valence-corrected chi connectivity index (χ1v) is 4.83. The summed E-state index contributed by atoms with van der Waals surface area (Å²) in [5.74, 6) is -0.173.